The standard InChI is InChI=1S/C15H13ClN4O5S/c1-2-25-15(21)9-7-17-14-12(26(22,23)24)8-18-20(14)13(9)19-11-6-4-3-5-10(11)16/h3-8,19H,2H2,1H3,(H,22,23,24). The maximum atomic E-state index is 12.2. The van der Waals surface area contributed by atoms with E-state index in [4.69, 9.17) is 16.3 Å². The van der Waals surface area contributed by atoms with Crippen molar-refractivity contribution in [1.82, 2.24) is 14.6 Å². The normalized spacial score (nSPS) is 11.5. The first-order chi connectivity index (χ1) is 12.3. The summed E-state index contributed by atoms with van der Waals surface area (Å²) in [5, 5.41) is 7.22. The molecule has 0 aliphatic heterocycles. The fourth-order valence-corrected chi connectivity index (χ4v) is 2.99. The van der Waals surface area contributed by atoms with E-state index in [2.05, 4.69) is 15.4 Å². The number of hydrogen-bond donors (Lipinski definition) is 2. The van der Waals surface area contributed by atoms with Gasteiger partial charge in [0.25, 0.3) is 10.1 Å². The number of aromatic nitrogens is 3. The lowest BCUT2D eigenvalue weighted by atomic mass is 10.2. The summed E-state index contributed by atoms with van der Waals surface area (Å²) in [6.07, 6.45) is 2.08. The Hall–Kier alpha value is -2.69. The topological polar surface area (TPSA) is 123 Å². The highest BCUT2D eigenvalue weighted by Gasteiger charge is 2.24. The number of hydrogen-bond acceptors (Lipinski definition) is 7. The van der Waals surface area contributed by atoms with Crippen molar-refractivity contribution in [1.29, 1.82) is 0 Å². The zero-order chi connectivity index (χ0) is 18.9. The van der Waals surface area contributed by atoms with Crippen molar-refractivity contribution in [2.75, 3.05) is 11.9 Å². The van der Waals surface area contributed by atoms with Gasteiger partial charge in [-0.2, -0.15) is 18.0 Å². The largest absolute Gasteiger partial charge is 0.462 e. The maximum absolute atomic E-state index is 12.2. The molecule has 9 nitrogen and oxygen atoms in total. The van der Waals surface area contributed by atoms with Crippen LogP contribution in [0.2, 0.25) is 5.02 Å². The molecule has 0 spiro atoms. The van der Waals surface area contributed by atoms with E-state index in [1.165, 1.54) is 0 Å². The molecule has 1 aromatic carbocycles. The van der Waals surface area contributed by atoms with Gasteiger partial charge in [-0.05, 0) is 19.1 Å². The summed E-state index contributed by atoms with van der Waals surface area (Å²) in [5.74, 6) is -0.586. The Labute approximate surface area is 153 Å². The molecule has 2 aromatic heterocycles. The summed E-state index contributed by atoms with van der Waals surface area (Å²) in [6.45, 7) is 1.78. The van der Waals surface area contributed by atoms with Crippen LogP contribution in [0.4, 0.5) is 11.5 Å². The van der Waals surface area contributed by atoms with Crippen LogP contribution in [0.3, 0.4) is 0 Å². The van der Waals surface area contributed by atoms with Crippen LogP contribution >= 0.6 is 11.6 Å². The van der Waals surface area contributed by atoms with Gasteiger partial charge in [0.2, 0.25) is 0 Å². The van der Waals surface area contributed by atoms with E-state index in [0.29, 0.717) is 10.7 Å². The van der Waals surface area contributed by atoms with Gasteiger partial charge in [-0.15, -0.1) is 0 Å². The molecule has 136 valence electrons. The molecule has 0 aliphatic carbocycles. The number of carbonyl (C=O) groups excluding carboxylic acids is 1. The molecule has 0 bridgehead atoms. The molecule has 0 atom stereocenters. The van der Waals surface area contributed by atoms with E-state index in [0.717, 1.165) is 16.9 Å². The minimum absolute atomic E-state index is 0.0178. The number of fused-ring (bicyclic) bond motifs is 1. The van der Waals surface area contributed by atoms with Crippen molar-refractivity contribution < 1.29 is 22.5 Å². The molecule has 3 rings (SSSR count). The zero-order valence-electron chi connectivity index (χ0n) is 13.4. The summed E-state index contributed by atoms with van der Waals surface area (Å²) in [4.78, 5) is 15.7. The van der Waals surface area contributed by atoms with Crippen LogP contribution in [0.15, 0.2) is 41.6 Å². The molecule has 0 fully saturated rings. The van der Waals surface area contributed by atoms with Gasteiger partial charge < -0.3 is 10.1 Å². The van der Waals surface area contributed by atoms with Gasteiger partial charge in [-0.1, -0.05) is 23.7 Å². The van der Waals surface area contributed by atoms with Gasteiger partial charge in [-0.3, -0.25) is 4.55 Å². The predicted molar refractivity (Wildman–Crippen MR) is 93.5 cm³/mol. The van der Waals surface area contributed by atoms with E-state index < -0.39 is 21.0 Å². The van der Waals surface area contributed by atoms with Gasteiger partial charge in [0.15, 0.2) is 16.4 Å². The Morgan fingerprint density at radius 3 is 2.73 bits per heavy atom. The first-order valence-corrected chi connectivity index (χ1v) is 9.17. The number of ether oxygens (including phenoxy) is 1. The van der Waals surface area contributed by atoms with Crippen LogP contribution in [0, 0.1) is 0 Å². The third kappa shape index (κ3) is 3.34. The Balaban J connectivity index is 2.24. The van der Waals surface area contributed by atoms with Crippen LogP contribution in [0.1, 0.15) is 17.3 Å². The number of esters is 1. The van der Waals surface area contributed by atoms with Crippen molar-refractivity contribution >= 4 is 44.8 Å². The highest BCUT2D eigenvalue weighted by atomic mass is 35.5. The molecule has 11 heteroatoms. The summed E-state index contributed by atoms with van der Waals surface area (Å²) in [6, 6.07) is 6.76. The number of rotatable bonds is 5. The molecular formula is C15H13ClN4O5S. The van der Waals surface area contributed by atoms with Gasteiger partial charge in [0.1, 0.15) is 5.56 Å². The number of carbonyl (C=O) groups is 1. The summed E-state index contributed by atoms with van der Waals surface area (Å²) in [5.41, 5.74) is 0.315. The van der Waals surface area contributed by atoms with Crippen molar-refractivity contribution in [2.45, 2.75) is 11.8 Å². The second-order valence-corrected chi connectivity index (χ2v) is 6.86. The maximum Gasteiger partial charge on any atom is 0.343 e. The molecular weight excluding hydrogens is 384 g/mol. The SMILES string of the molecule is CCOC(=O)c1cnc2c(S(=O)(=O)O)cnn2c1Nc1ccccc1Cl. The van der Waals surface area contributed by atoms with E-state index in [-0.39, 0.29) is 23.6 Å². The lowest BCUT2D eigenvalue weighted by molar-refractivity contribution is 0.0526. The Morgan fingerprint density at radius 1 is 1.35 bits per heavy atom. The molecule has 2 N–H and O–H groups in total. The predicted octanol–water partition coefficient (Wildman–Crippen LogP) is 2.55. The lowest BCUT2D eigenvalue weighted by Gasteiger charge is -2.13. The van der Waals surface area contributed by atoms with Crippen LogP contribution in [-0.2, 0) is 14.9 Å². The van der Waals surface area contributed by atoms with E-state index in [1.54, 1.807) is 31.2 Å². The molecule has 0 amide bonds. The molecule has 0 saturated heterocycles. The van der Waals surface area contributed by atoms with Crippen LogP contribution in [0.25, 0.3) is 5.65 Å². The summed E-state index contributed by atoms with van der Waals surface area (Å²) in [7, 11) is -4.54. The van der Waals surface area contributed by atoms with Crippen molar-refractivity contribution in [3.63, 3.8) is 0 Å². The summed E-state index contributed by atoms with van der Waals surface area (Å²) < 4.78 is 38.4. The molecule has 0 aliphatic rings. The second-order valence-electron chi connectivity index (χ2n) is 5.07. The van der Waals surface area contributed by atoms with E-state index in [1.807, 2.05) is 0 Å². The third-order valence-electron chi connectivity index (χ3n) is 3.39. The smallest absolute Gasteiger partial charge is 0.343 e. The number of benzene rings is 1. The van der Waals surface area contributed by atoms with Gasteiger partial charge >= 0.3 is 5.97 Å². The zero-order valence-corrected chi connectivity index (χ0v) is 15.0. The molecule has 26 heavy (non-hydrogen) atoms. The molecule has 0 unspecified atom stereocenters. The number of anilines is 2. The van der Waals surface area contributed by atoms with Crippen molar-refractivity contribution in [3.05, 3.63) is 47.2 Å². The van der Waals surface area contributed by atoms with Crippen LogP contribution in [-0.4, -0.2) is 40.1 Å². The molecule has 0 saturated carbocycles. The quantitative estimate of drug-likeness (QED) is 0.498. The van der Waals surface area contributed by atoms with Crippen molar-refractivity contribution in [3.8, 4) is 0 Å². The van der Waals surface area contributed by atoms with Gasteiger partial charge in [0, 0.05) is 6.20 Å². The minimum atomic E-state index is -4.54. The highest BCUT2D eigenvalue weighted by Crippen LogP contribution is 2.28. The average molecular weight is 397 g/mol. The average Bonchev–Trinajstić information content (AvgIpc) is 3.02. The van der Waals surface area contributed by atoms with Crippen LogP contribution in [0.5, 0.6) is 0 Å². The number of para-hydroxylation sites is 1. The van der Waals surface area contributed by atoms with E-state index >= 15 is 0 Å². The second kappa shape index (κ2) is 6.90. The Bertz CT molecular complexity index is 1100. The lowest BCUT2D eigenvalue weighted by Crippen LogP contribution is -2.13. The van der Waals surface area contributed by atoms with E-state index in [9.17, 15) is 17.8 Å². The number of nitrogens with zero attached hydrogens (tertiary/aromatic N) is 3. The molecule has 2 heterocycles. The first-order valence-electron chi connectivity index (χ1n) is 7.35. The Morgan fingerprint density at radius 2 is 2.08 bits per heavy atom. The van der Waals surface area contributed by atoms with Crippen LogP contribution < -0.4 is 5.32 Å². The summed E-state index contributed by atoms with van der Waals surface area (Å²) >= 11 is 6.14. The highest BCUT2D eigenvalue weighted by molar-refractivity contribution is 7.86. The van der Waals surface area contributed by atoms with Gasteiger partial charge in [0.05, 0.1) is 23.5 Å². The third-order valence-corrected chi connectivity index (χ3v) is 4.57. The fraction of sp³-hybridized carbons (Fsp3) is 0.133. The molecule has 3 aromatic rings. The first kappa shape index (κ1) is 18.1. The Kier molecular flexibility index (Phi) is 4.81. The van der Waals surface area contributed by atoms with Crippen molar-refractivity contribution in [2.24, 2.45) is 0 Å². The number of halogens is 1. The van der Waals surface area contributed by atoms with Gasteiger partial charge in [-0.25, -0.2) is 9.78 Å². The molecule has 0 radical (unpaired) electrons. The monoisotopic (exact) mass is 396 g/mol. The number of nitrogens with one attached hydrogen (secondary N) is 1. The minimum Gasteiger partial charge on any atom is -0.462 e. The fourth-order valence-electron chi connectivity index (χ4n) is 2.26.